The zero-order valence-electron chi connectivity index (χ0n) is 22.6. The smallest absolute Gasteiger partial charge is 0.279 e. The second-order valence-electron chi connectivity index (χ2n) is 10.2. The fraction of sp³-hybridized carbons (Fsp3) is 0.793. The number of carbonyl (C=O) groups is 2. The van der Waals surface area contributed by atoms with Gasteiger partial charge in [0, 0.05) is 13.2 Å². The van der Waals surface area contributed by atoms with Gasteiger partial charge < -0.3 is 20.8 Å². The van der Waals surface area contributed by atoms with E-state index < -0.39 is 23.5 Å². The van der Waals surface area contributed by atoms with E-state index in [0.717, 1.165) is 103 Å². The molecule has 2 unspecified atom stereocenters. The number of nitrogens with one attached hydrogen (secondary N) is 2. The predicted octanol–water partition coefficient (Wildman–Crippen LogP) is 6.07. The molecule has 1 fully saturated rings. The SMILES string of the molecule is O=C(NC1CC1NC(=O)C(F)=CCCCCCCCCCCO)C(F)=CCCCCCCCCCCO. The maximum atomic E-state index is 14.0. The van der Waals surface area contributed by atoms with Crippen molar-refractivity contribution >= 4 is 11.8 Å². The van der Waals surface area contributed by atoms with Crippen molar-refractivity contribution in [3.8, 4) is 0 Å². The Bertz CT molecular complexity index is 629. The number of aliphatic hydroxyl groups is 2. The van der Waals surface area contributed by atoms with Crippen LogP contribution in [0.4, 0.5) is 8.78 Å². The highest BCUT2D eigenvalue weighted by atomic mass is 19.1. The van der Waals surface area contributed by atoms with Gasteiger partial charge in [0.05, 0.1) is 12.1 Å². The lowest BCUT2D eigenvalue weighted by Crippen LogP contribution is -2.35. The number of rotatable bonds is 24. The van der Waals surface area contributed by atoms with Crippen LogP contribution in [0.1, 0.15) is 122 Å². The van der Waals surface area contributed by atoms with Crippen molar-refractivity contribution in [2.75, 3.05) is 13.2 Å². The van der Waals surface area contributed by atoms with Gasteiger partial charge in [-0.05, 0) is 57.1 Å². The number of aliphatic hydroxyl groups excluding tert-OH is 2. The van der Waals surface area contributed by atoms with Crippen LogP contribution in [-0.2, 0) is 9.59 Å². The minimum atomic E-state index is -0.808. The number of carbonyl (C=O) groups excluding carboxylic acids is 2. The molecule has 0 aromatic rings. The fourth-order valence-electron chi connectivity index (χ4n) is 4.27. The monoisotopic (exact) mass is 528 g/mol. The van der Waals surface area contributed by atoms with E-state index in [4.69, 9.17) is 10.2 Å². The van der Waals surface area contributed by atoms with Crippen LogP contribution < -0.4 is 10.6 Å². The summed E-state index contributed by atoms with van der Waals surface area (Å²) in [5.41, 5.74) is 0. The third kappa shape index (κ3) is 18.2. The third-order valence-electron chi connectivity index (χ3n) is 6.73. The minimum Gasteiger partial charge on any atom is -0.396 e. The number of unbranched alkanes of at least 4 members (excludes halogenated alkanes) is 16. The van der Waals surface area contributed by atoms with Gasteiger partial charge in [-0.1, -0.05) is 77.0 Å². The van der Waals surface area contributed by atoms with E-state index >= 15 is 0 Å². The zero-order valence-corrected chi connectivity index (χ0v) is 22.6. The van der Waals surface area contributed by atoms with Crippen LogP contribution >= 0.6 is 0 Å². The molecule has 214 valence electrons. The highest BCUT2D eigenvalue weighted by Crippen LogP contribution is 2.23. The summed E-state index contributed by atoms with van der Waals surface area (Å²) >= 11 is 0. The second kappa shape index (κ2) is 22.2. The minimum absolute atomic E-state index is 0.257. The summed E-state index contributed by atoms with van der Waals surface area (Å²) in [5, 5.41) is 22.6. The molecular formula is C29H50F2N2O4. The lowest BCUT2D eigenvalue weighted by Gasteiger charge is -2.05. The number of halogens is 2. The van der Waals surface area contributed by atoms with E-state index in [1.54, 1.807) is 0 Å². The first-order valence-corrected chi connectivity index (χ1v) is 14.5. The molecule has 0 spiro atoms. The molecular weight excluding hydrogens is 478 g/mol. The Balaban J connectivity index is 2.07. The quantitative estimate of drug-likeness (QED) is 0.0902. The van der Waals surface area contributed by atoms with Crippen molar-refractivity contribution in [1.29, 1.82) is 0 Å². The van der Waals surface area contributed by atoms with Gasteiger partial charge in [0.2, 0.25) is 0 Å². The molecule has 0 aromatic carbocycles. The molecule has 0 heterocycles. The molecule has 0 aliphatic heterocycles. The normalized spacial score (nSPS) is 17.6. The standard InChI is InChI=1S/C29H50F2N2O4/c30-24(19-15-11-7-3-1-5-9-13-17-21-34)28(36)32-26-23-27(26)33-29(37)25(31)20-16-12-8-4-2-6-10-14-18-22-35/h19-20,26-27,34-35H,1-18,21-23H2,(H,32,36)(H,33,37). The molecule has 0 radical (unpaired) electrons. The first-order chi connectivity index (χ1) is 18.0. The molecule has 6 nitrogen and oxygen atoms in total. The summed E-state index contributed by atoms with van der Waals surface area (Å²) in [6.45, 7) is 0.513. The van der Waals surface area contributed by atoms with Crippen LogP contribution in [0.3, 0.4) is 0 Å². The van der Waals surface area contributed by atoms with Crippen LogP contribution in [0.25, 0.3) is 0 Å². The van der Waals surface area contributed by atoms with Crippen molar-refractivity contribution in [2.45, 2.75) is 134 Å². The molecule has 2 amide bonds. The first-order valence-electron chi connectivity index (χ1n) is 14.5. The summed E-state index contributed by atoms with van der Waals surface area (Å²) in [6.07, 6.45) is 20.6. The Kier molecular flexibility index (Phi) is 19.9. The lowest BCUT2D eigenvalue weighted by atomic mass is 10.1. The third-order valence-corrected chi connectivity index (χ3v) is 6.73. The predicted molar refractivity (Wildman–Crippen MR) is 144 cm³/mol. The van der Waals surface area contributed by atoms with E-state index in [1.165, 1.54) is 12.2 Å². The van der Waals surface area contributed by atoms with Crippen LogP contribution in [0.2, 0.25) is 0 Å². The van der Waals surface area contributed by atoms with Crippen molar-refractivity contribution in [3.63, 3.8) is 0 Å². The maximum Gasteiger partial charge on any atom is 0.279 e. The Morgan fingerprint density at radius 3 is 1.19 bits per heavy atom. The van der Waals surface area contributed by atoms with Gasteiger partial charge >= 0.3 is 0 Å². The van der Waals surface area contributed by atoms with Gasteiger partial charge in [0.15, 0.2) is 11.7 Å². The molecule has 1 saturated carbocycles. The molecule has 4 N–H and O–H groups in total. The fourth-order valence-corrected chi connectivity index (χ4v) is 4.27. The van der Waals surface area contributed by atoms with Crippen LogP contribution in [0, 0.1) is 0 Å². The van der Waals surface area contributed by atoms with Crippen LogP contribution in [0.5, 0.6) is 0 Å². The van der Waals surface area contributed by atoms with E-state index in [2.05, 4.69) is 10.6 Å². The van der Waals surface area contributed by atoms with Crippen molar-refractivity contribution in [3.05, 3.63) is 23.8 Å². The summed E-state index contributed by atoms with van der Waals surface area (Å²) in [5.74, 6) is -3.18. The zero-order chi connectivity index (χ0) is 27.1. The van der Waals surface area contributed by atoms with Crippen molar-refractivity contribution in [1.82, 2.24) is 10.6 Å². The largest absolute Gasteiger partial charge is 0.396 e. The van der Waals surface area contributed by atoms with Gasteiger partial charge in [-0.2, -0.15) is 0 Å². The Labute approximate surface area is 222 Å². The average molecular weight is 529 g/mol. The number of amides is 2. The molecule has 37 heavy (non-hydrogen) atoms. The van der Waals surface area contributed by atoms with Crippen molar-refractivity contribution in [2.24, 2.45) is 0 Å². The van der Waals surface area contributed by atoms with Crippen LogP contribution in [0.15, 0.2) is 23.8 Å². The van der Waals surface area contributed by atoms with Gasteiger partial charge in [-0.15, -0.1) is 0 Å². The first kappa shape index (κ1) is 33.2. The summed E-state index contributed by atoms with van der Waals surface area (Å²) < 4.78 is 28.1. The Hall–Kier alpha value is -1.80. The van der Waals surface area contributed by atoms with Gasteiger partial charge in [0.1, 0.15) is 0 Å². The van der Waals surface area contributed by atoms with E-state index in [1.807, 2.05) is 0 Å². The Morgan fingerprint density at radius 2 is 0.865 bits per heavy atom. The van der Waals surface area contributed by atoms with E-state index in [-0.39, 0.29) is 25.3 Å². The number of allylic oxidation sites excluding steroid dienone is 2. The number of hydrogen-bond donors (Lipinski definition) is 4. The summed E-state index contributed by atoms with van der Waals surface area (Å²) in [4.78, 5) is 24.0. The Morgan fingerprint density at radius 1 is 0.568 bits per heavy atom. The molecule has 8 heteroatoms. The molecule has 1 rings (SSSR count). The topological polar surface area (TPSA) is 98.7 Å². The van der Waals surface area contributed by atoms with Gasteiger partial charge in [-0.25, -0.2) is 8.78 Å². The number of hydrogen-bond acceptors (Lipinski definition) is 4. The van der Waals surface area contributed by atoms with E-state index in [0.29, 0.717) is 19.3 Å². The average Bonchev–Trinajstić information content (AvgIpc) is 3.62. The molecule has 2 atom stereocenters. The van der Waals surface area contributed by atoms with E-state index in [9.17, 15) is 18.4 Å². The summed E-state index contributed by atoms with van der Waals surface area (Å²) in [6, 6.07) is -0.738. The lowest BCUT2D eigenvalue weighted by molar-refractivity contribution is -0.120. The molecule has 0 bridgehead atoms. The van der Waals surface area contributed by atoms with Gasteiger partial charge in [-0.3, -0.25) is 9.59 Å². The second-order valence-corrected chi connectivity index (χ2v) is 10.2. The van der Waals surface area contributed by atoms with Crippen LogP contribution in [-0.4, -0.2) is 47.3 Å². The van der Waals surface area contributed by atoms with Crippen molar-refractivity contribution < 1.29 is 28.6 Å². The molecule has 1 aliphatic carbocycles. The van der Waals surface area contributed by atoms with Gasteiger partial charge in [0.25, 0.3) is 11.8 Å². The maximum absolute atomic E-state index is 14.0. The highest BCUT2D eigenvalue weighted by molar-refractivity contribution is 5.93. The molecule has 0 aromatic heterocycles. The highest BCUT2D eigenvalue weighted by Gasteiger charge is 2.40. The molecule has 1 aliphatic rings. The molecule has 0 saturated heterocycles. The summed E-state index contributed by atoms with van der Waals surface area (Å²) in [7, 11) is 0.